The SMILES string of the molecule is C=CCOC(=O)C(CC(=C)C(=O)OCc1ccccc1)(C(=O)Oc1ccccc1)C(=O)Oc1ccccc1. The van der Waals surface area contributed by atoms with Crippen LogP contribution in [0.5, 0.6) is 11.5 Å². The minimum absolute atomic E-state index is 0.0585. The molecule has 194 valence electrons. The van der Waals surface area contributed by atoms with E-state index in [1.165, 1.54) is 30.3 Å². The van der Waals surface area contributed by atoms with Gasteiger partial charge in [0, 0.05) is 12.0 Å². The van der Waals surface area contributed by atoms with Gasteiger partial charge in [-0.1, -0.05) is 86.0 Å². The molecule has 0 radical (unpaired) electrons. The number of benzene rings is 3. The highest BCUT2D eigenvalue weighted by atomic mass is 16.6. The Morgan fingerprint density at radius 3 is 1.63 bits per heavy atom. The maximum absolute atomic E-state index is 13.6. The summed E-state index contributed by atoms with van der Waals surface area (Å²) in [5.74, 6) is -4.72. The van der Waals surface area contributed by atoms with Crippen molar-refractivity contribution in [1.29, 1.82) is 0 Å². The number of hydrogen-bond donors (Lipinski definition) is 0. The molecule has 0 spiro atoms. The number of esters is 4. The van der Waals surface area contributed by atoms with Crippen molar-refractivity contribution in [2.24, 2.45) is 5.41 Å². The first kappa shape index (κ1) is 27.6. The van der Waals surface area contributed by atoms with Gasteiger partial charge in [0.25, 0.3) is 5.41 Å². The van der Waals surface area contributed by atoms with Gasteiger partial charge < -0.3 is 18.9 Å². The van der Waals surface area contributed by atoms with Crippen molar-refractivity contribution in [3.05, 3.63) is 121 Å². The predicted octanol–water partition coefficient (Wildman–Crippen LogP) is 4.60. The van der Waals surface area contributed by atoms with E-state index in [0.717, 1.165) is 0 Å². The third kappa shape index (κ3) is 7.04. The maximum atomic E-state index is 13.6. The number of ether oxygens (including phenoxy) is 4. The highest BCUT2D eigenvalue weighted by Gasteiger charge is 2.59. The molecular weight excluding hydrogens is 488 g/mol. The lowest BCUT2D eigenvalue weighted by Gasteiger charge is -2.27. The van der Waals surface area contributed by atoms with E-state index in [4.69, 9.17) is 18.9 Å². The summed E-state index contributed by atoms with van der Waals surface area (Å²) in [6.45, 7) is 6.75. The monoisotopic (exact) mass is 514 g/mol. The molecule has 0 aliphatic heterocycles. The Morgan fingerprint density at radius 1 is 0.684 bits per heavy atom. The molecule has 38 heavy (non-hydrogen) atoms. The Kier molecular flexibility index (Phi) is 9.71. The van der Waals surface area contributed by atoms with E-state index in [1.54, 1.807) is 60.7 Å². The van der Waals surface area contributed by atoms with Crippen LogP contribution in [0, 0.1) is 5.41 Å². The third-order valence-corrected chi connectivity index (χ3v) is 5.27. The van der Waals surface area contributed by atoms with Gasteiger partial charge in [-0.2, -0.15) is 0 Å². The molecule has 0 aliphatic rings. The topological polar surface area (TPSA) is 105 Å². The molecule has 3 rings (SSSR count). The first-order valence-corrected chi connectivity index (χ1v) is 11.6. The summed E-state index contributed by atoms with van der Waals surface area (Å²) in [4.78, 5) is 53.3. The third-order valence-electron chi connectivity index (χ3n) is 5.27. The van der Waals surface area contributed by atoms with E-state index in [-0.39, 0.29) is 30.3 Å². The predicted molar refractivity (Wildman–Crippen MR) is 138 cm³/mol. The fourth-order valence-corrected chi connectivity index (χ4v) is 3.31. The Morgan fingerprint density at radius 2 is 1.16 bits per heavy atom. The van der Waals surface area contributed by atoms with E-state index in [2.05, 4.69) is 13.2 Å². The van der Waals surface area contributed by atoms with Crippen molar-refractivity contribution in [2.75, 3.05) is 6.61 Å². The van der Waals surface area contributed by atoms with Gasteiger partial charge in [0.15, 0.2) is 0 Å². The summed E-state index contributed by atoms with van der Waals surface area (Å²) >= 11 is 0. The van der Waals surface area contributed by atoms with Crippen LogP contribution in [0.25, 0.3) is 0 Å². The van der Waals surface area contributed by atoms with Crippen LogP contribution in [0.2, 0.25) is 0 Å². The average Bonchev–Trinajstić information content (AvgIpc) is 2.94. The summed E-state index contributed by atoms with van der Waals surface area (Å²) in [6.07, 6.45) is 0.449. The van der Waals surface area contributed by atoms with Gasteiger partial charge in [0.05, 0.1) is 0 Å². The molecule has 8 heteroatoms. The summed E-state index contributed by atoms with van der Waals surface area (Å²) < 4.78 is 21.2. The molecule has 0 N–H and O–H groups in total. The summed E-state index contributed by atoms with van der Waals surface area (Å²) in [6, 6.07) is 24.5. The fraction of sp³-hybridized carbons (Fsp3) is 0.133. The number of para-hydroxylation sites is 2. The molecule has 0 heterocycles. The summed E-state index contributed by atoms with van der Waals surface area (Å²) in [5.41, 5.74) is -2.37. The lowest BCUT2D eigenvalue weighted by Crippen LogP contribution is -2.52. The quantitative estimate of drug-likeness (QED) is 0.114. The van der Waals surface area contributed by atoms with Gasteiger partial charge in [0.2, 0.25) is 0 Å². The molecule has 3 aromatic carbocycles. The van der Waals surface area contributed by atoms with Crippen molar-refractivity contribution < 1.29 is 38.1 Å². The largest absolute Gasteiger partial charge is 0.460 e. The minimum atomic E-state index is -2.74. The van der Waals surface area contributed by atoms with Crippen LogP contribution in [-0.4, -0.2) is 30.5 Å². The molecule has 0 saturated carbocycles. The van der Waals surface area contributed by atoms with E-state index in [0.29, 0.717) is 5.56 Å². The van der Waals surface area contributed by atoms with Gasteiger partial charge in [-0.25, -0.2) is 14.4 Å². The first-order valence-electron chi connectivity index (χ1n) is 11.6. The van der Waals surface area contributed by atoms with Crippen molar-refractivity contribution in [1.82, 2.24) is 0 Å². The Balaban J connectivity index is 1.96. The number of carbonyl (C=O) groups is 4. The molecule has 0 amide bonds. The maximum Gasteiger partial charge on any atom is 0.340 e. The summed E-state index contributed by atoms with van der Waals surface area (Å²) in [5, 5.41) is 0. The van der Waals surface area contributed by atoms with Gasteiger partial charge in [-0.15, -0.1) is 0 Å². The standard InChI is InChI=1S/C30H26O8/c1-3-19-35-27(32)30(28(33)37-24-15-9-5-10-16-24,29(34)38-25-17-11-6-12-18-25)20-22(2)26(31)36-21-23-13-7-4-8-14-23/h3-18H,1-2,19-21H2. The van der Waals surface area contributed by atoms with Crippen LogP contribution in [0.4, 0.5) is 0 Å². The van der Waals surface area contributed by atoms with Crippen molar-refractivity contribution in [3.8, 4) is 11.5 Å². The molecule has 0 atom stereocenters. The second kappa shape index (κ2) is 13.4. The molecule has 0 aromatic heterocycles. The number of carbonyl (C=O) groups excluding carboxylic acids is 4. The van der Waals surface area contributed by atoms with Gasteiger partial charge in [0.1, 0.15) is 24.7 Å². The Labute approximate surface area is 220 Å². The molecule has 0 aliphatic carbocycles. The molecule has 0 saturated heterocycles. The normalized spacial score (nSPS) is 10.5. The molecule has 0 bridgehead atoms. The lowest BCUT2D eigenvalue weighted by molar-refractivity contribution is -0.175. The van der Waals surface area contributed by atoms with E-state index in [1.807, 2.05) is 6.07 Å². The van der Waals surface area contributed by atoms with Crippen LogP contribution < -0.4 is 9.47 Å². The van der Waals surface area contributed by atoms with Crippen LogP contribution in [0.15, 0.2) is 116 Å². The molecule has 0 unspecified atom stereocenters. The van der Waals surface area contributed by atoms with Crippen LogP contribution in [0.1, 0.15) is 12.0 Å². The molecule has 3 aromatic rings. The zero-order chi connectivity index (χ0) is 27.4. The minimum Gasteiger partial charge on any atom is -0.460 e. The van der Waals surface area contributed by atoms with E-state index >= 15 is 0 Å². The number of rotatable bonds is 12. The van der Waals surface area contributed by atoms with Crippen molar-refractivity contribution >= 4 is 23.9 Å². The van der Waals surface area contributed by atoms with Gasteiger partial charge >= 0.3 is 23.9 Å². The van der Waals surface area contributed by atoms with Crippen LogP contribution in [0.3, 0.4) is 0 Å². The van der Waals surface area contributed by atoms with Crippen LogP contribution in [-0.2, 0) is 35.3 Å². The zero-order valence-corrected chi connectivity index (χ0v) is 20.5. The highest BCUT2D eigenvalue weighted by Crippen LogP contribution is 2.34. The first-order chi connectivity index (χ1) is 18.4. The molecule has 8 nitrogen and oxygen atoms in total. The number of hydrogen-bond acceptors (Lipinski definition) is 8. The van der Waals surface area contributed by atoms with E-state index < -0.39 is 35.7 Å². The fourth-order valence-electron chi connectivity index (χ4n) is 3.31. The molecular formula is C30H26O8. The highest BCUT2D eigenvalue weighted by molar-refractivity contribution is 6.19. The van der Waals surface area contributed by atoms with Crippen molar-refractivity contribution in [3.63, 3.8) is 0 Å². The summed E-state index contributed by atoms with van der Waals surface area (Å²) in [7, 11) is 0. The molecule has 0 fully saturated rings. The van der Waals surface area contributed by atoms with Crippen LogP contribution >= 0.6 is 0 Å². The van der Waals surface area contributed by atoms with E-state index in [9.17, 15) is 19.2 Å². The lowest BCUT2D eigenvalue weighted by atomic mass is 9.81. The zero-order valence-electron chi connectivity index (χ0n) is 20.5. The van der Waals surface area contributed by atoms with Gasteiger partial charge in [-0.05, 0) is 29.8 Å². The second-order valence-corrected chi connectivity index (χ2v) is 8.04. The Hall–Kier alpha value is -4.98. The second-order valence-electron chi connectivity index (χ2n) is 8.04. The van der Waals surface area contributed by atoms with Gasteiger partial charge in [-0.3, -0.25) is 4.79 Å². The smallest absolute Gasteiger partial charge is 0.340 e. The Bertz CT molecular complexity index is 1230. The average molecular weight is 515 g/mol. The van der Waals surface area contributed by atoms with Crippen molar-refractivity contribution in [2.45, 2.75) is 13.0 Å².